The van der Waals surface area contributed by atoms with Gasteiger partial charge < -0.3 is 15.2 Å². The Morgan fingerprint density at radius 3 is 2.56 bits per heavy atom. The summed E-state index contributed by atoms with van der Waals surface area (Å²) >= 11 is 0. The van der Waals surface area contributed by atoms with E-state index in [2.05, 4.69) is 24.4 Å². The molecule has 0 heterocycles. The zero-order chi connectivity index (χ0) is 13.0. The Balaban J connectivity index is 1.74. The Hall–Kier alpha value is -1.06. The quantitative estimate of drug-likeness (QED) is 0.812. The van der Waals surface area contributed by atoms with Crippen LogP contribution in [0.2, 0.25) is 0 Å². The highest BCUT2D eigenvalue weighted by Gasteiger charge is 2.29. The molecule has 0 aromatic heterocycles. The zero-order valence-corrected chi connectivity index (χ0v) is 11.2. The molecule has 1 unspecified atom stereocenters. The summed E-state index contributed by atoms with van der Waals surface area (Å²) in [7, 11) is 1.70. The first-order valence-corrected chi connectivity index (χ1v) is 6.71. The standard InChI is InChI=1S/C15H23NO2/c1-11(10-17)9-16-14-7-13(8-14)12-3-5-15(18-2)6-4-12/h3-6,11,13-14,16-17H,7-10H2,1-2H3. The largest absolute Gasteiger partial charge is 0.497 e. The van der Waals surface area contributed by atoms with Crippen LogP contribution in [0.5, 0.6) is 5.75 Å². The van der Waals surface area contributed by atoms with Crippen molar-refractivity contribution in [3.05, 3.63) is 29.8 Å². The summed E-state index contributed by atoms with van der Waals surface area (Å²) in [5.74, 6) is 1.95. The lowest BCUT2D eigenvalue weighted by Gasteiger charge is -2.37. The van der Waals surface area contributed by atoms with Gasteiger partial charge in [-0.1, -0.05) is 19.1 Å². The molecule has 1 saturated carbocycles. The summed E-state index contributed by atoms with van der Waals surface area (Å²) in [4.78, 5) is 0. The van der Waals surface area contributed by atoms with Crippen LogP contribution in [0, 0.1) is 5.92 Å². The molecule has 2 N–H and O–H groups in total. The molecule has 1 aliphatic rings. The van der Waals surface area contributed by atoms with Crippen molar-refractivity contribution >= 4 is 0 Å². The molecular weight excluding hydrogens is 226 g/mol. The fourth-order valence-electron chi connectivity index (χ4n) is 2.37. The van der Waals surface area contributed by atoms with E-state index in [0.29, 0.717) is 17.9 Å². The van der Waals surface area contributed by atoms with Gasteiger partial charge in [0.05, 0.1) is 7.11 Å². The van der Waals surface area contributed by atoms with Gasteiger partial charge in [0, 0.05) is 19.2 Å². The molecule has 2 rings (SSSR count). The van der Waals surface area contributed by atoms with E-state index in [1.165, 1.54) is 18.4 Å². The van der Waals surface area contributed by atoms with Gasteiger partial charge in [-0.3, -0.25) is 0 Å². The normalized spacial score (nSPS) is 24.4. The number of nitrogens with one attached hydrogen (secondary N) is 1. The lowest BCUT2D eigenvalue weighted by molar-refractivity contribution is 0.213. The van der Waals surface area contributed by atoms with Crippen LogP contribution in [-0.2, 0) is 0 Å². The first-order valence-electron chi connectivity index (χ1n) is 6.71. The molecule has 1 aromatic rings. The predicted molar refractivity (Wildman–Crippen MR) is 73.0 cm³/mol. The van der Waals surface area contributed by atoms with Gasteiger partial charge in [0.15, 0.2) is 0 Å². The first-order chi connectivity index (χ1) is 8.72. The number of aliphatic hydroxyl groups excluding tert-OH is 1. The third-order valence-electron chi connectivity index (χ3n) is 3.79. The van der Waals surface area contributed by atoms with Crippen LogP contribution in [0.4, 0.5) is 0 Å². The fourth-order valence-corrected chi connectivity index (χ4v) is 2.37. The van der Waals surface area contributed by atoms with Crippen LogP contribution in [0.25, 0.3) is 0 Å². The summed E-state index contributed by atoms with van der Waals surface area (Å²) in [6.45, 7) is 3.24. The van der Waals surface area contributed by atoms with Crippen LogP contribution >= 0.6 is 0 Å². The van der Waals surface area contributed by atoms with Gasteiger partial charge in [-0.05, 0) is 42.4 Å². The minimum atomic E-state index is 0.266. The van der Waals surface area contributed by atoms with Gasteiger partial charge >= 0.3 is 0 Å². The molecule has 1 fully saturated rings. The molecule has 0 radical (unpaired) electrons. The lowest BCUT2D eigenvalue weighted by atomic mass is 9.76. The molecule has 100 valence electrons. The second-order valence-electron chi connectivity index (χ2n) is 5.33. The van der Waals surface area contributed by atoms with Crippen LogP contribution < -0.4 is 10.1 Å². The van der Waals surface area contributed by atoms with Crippen molar-refractivity contribution in [1.29, 1.82) is 0 Å². The van der Waals surface area contributed by atoms with Crippen molar-refractivity contribution in [1.82, 2.24) is 5.32 Å². The van der Waals surface area contributed by atoms with Crippen molar-refractivity contribution in [2.45, 2.75) is 31.7 Å². The topological polar surface area (TPSA) is 41.5 Å². The van der Waals surface area contributed by atoms with Crippen molar-refractivity contribution in [3.8, 4) is 5.75 Å². The molecule has 0 bridgehead atoms. The maximum atomic E-state index is 8.97. The van der Waals surface area contributed by atoms with Gasteiger partial charge in [0.2, 0.25) is 0 Å². The summed E-state index contributed by atoms with van der Waals surface area (Å²) in [5, 5.41) is 12.5. The average Bonchev–Trinajstić information content (AvgIpc) is 2.37. The van der Waals surface area contributed by atoms with Gasteiger partial charge in [-0.2, -0.15) is 0 Å². The number of methoxy groups -OCH3 is 1. The van der Waals surface area contributed by atoms with E-state index in [4.69, 9.17) is 9.84 Å². The number of hydrogen-bond acceptors (Lipinski definition) is 3. The van der Waals surface area contributed by atoms with Gasteiger partial charge in [-0.25, -0.2) is 0 Å². The Labute approximate surface area is 109 Å². The second-order valence-corrected chi connectivity index (χ2v) is 5.33. The zero-order valence-electron chi connectivity index (χ0n) is 11.2. The highest BCUT2D eigenvalue weighted by atomic mass is 16.5. The highest BCUT2D eigenvalue weighted by Crippen LogP contribution is 2.37. The number of rotatable bonds is 6. The summed E-state index contributed by atoms with van der Waals surface area (Å²) in [6, 6.07) is 9.01. The second kappa shape index (κ2) is 6.21. The molecule has 3 heteroatoms. The van der Waals surface area contributed by atoms with E-state index < -0.39 is 0 Å². The molecule has 0 saturated heterocycles. The smallest absolute Gasteiger partial charge is 0.118 e. The number of hydrogen-bond donors (Lipinski definition) is 2. The van der Waals surface area contributed by atoms with E-state index in [1.807, 2.05) is 12.1 Å². The van der Waals surface area contributed by atoms with Gasteiger partial charge in [-0.15, -0.1) is 0 Å². The summed E-state index contributed by atoms with van der Waals surface area (Å²) in [5.41, 5.74) is 1.41. The summed E-state index contributed by atoms with van der Waals surface area (Å²) < 4.78 is 5.16. The average molecular weight is 249 g/mol. The molecule has 18 heavy (non-hydrogen) atoms. The van der Waals surface area contributed by atoms with Crippen molar-refractivity contribution < 1.29 is 9.84 Å². The molecule has 1 atom stereocenters. The highest BCUT2D eigenvalue weighted by molar-refractivity contribution is 5.30. The summed E-state index contributed by atoms with van der Waals surface area (Å²) in [6.07, 6.45) is 2.40. The fraction of sp³-hybridized carbons (Fsp3) is 0.600. The van der Waals surface area contributed by atoms with Crippen LogP contribution in [0.15, 0.2) is 24.3 Å². The Kier molecular flexibility index (Phi) is 4.61. The third kappa shape index (κ3) is 3.24. The molecule has 0 amide bonds. The first kappa shape index (κ1) is 13.4. The van der Waals surface area contributed by atoms with Gasteiger partial charge in [0.1, 0.15) is 5.75 Å². The molecule has 0 aliphatic heterocycles. The van der Waals surface area contributed by atoms with Gasteiger partial charge in [0.25, 0.3) is 0 Å². The molecule has 3 nitrogen and oxygen atoms in total. The Morgan fingerprint density at radius 2 is 2.00 bits per heavy atom. The monoisotopic (exact) mass is 249 g/mol. The number of aliphatic hydroxyl groups is 1. The molecule has 0 spiro atoms. The third-order valence-corrected chi connectivity index (χ3v) is 3.79. The van der Waals surface area contributed by atoms with E-state index in [0.717, 1.165) is 12.3 Å². The van der Waals surface area contributed by atoms with Crippen molar-refractivity contribution in [3.63, 3.8) is 0 Å². The SMILES string of the molecule is COc1ccc(C2CC(NCC(C)CO)C2)cc1. The predicted octanol–water partition coefficient (Wildman–Crippen LogP) is 2.16. The van der Waals surface area contributed by atoms with E-state index >= 15 is 0 Å². The molecule has 1 aromatic carbocycles. The van der Waals surface area contributed by atoms with Crippen LogP contribution in [0.1, 0.15) is 31.2 Å². The van der Waals surface area contributed by atoms with E-state index in [-0.39, 0.29) is 6.61 Å². The lowest BCUT2D eigenvalue weighted by Crippen LogP contribution is -2.42. The Morgan fingerprint density at radius 1 is 1.33 bits per heavy atom. The maximum absolute atomic E-state index is 8.97. The molecule has 1 aliphatic carbocycles. The minimum Gasteiger partial charge on any atom is -0.497 e. The van der Waals surface area contributed by atoms with Crippen LogP contribution in [0.3, 0.4) is 0 Å². The number of ether oxygens (including phenoxy) is 1. The Bertz CT molecular complexity index is 357. The van der Waals surface area contributed by atoms with Crippen molar-refractivity contribution in [2.24, 2.45) is 5.92 Å². The van der Waals surface area contributed by atoms with Crippen LogP contribution in [-0.4, -0.2) is 31.4 Å². The van der Waals surface area contributed by atoms with E-state index in [9.17, 15) is 0 Å². The van der Waals surface area contributed by atoms with Crippen molar-refractivity contribution in [2.75, 3.05) is 20.3 Å². The van der Waals surface area contributed by atoms with E-state index in [1.54, 1.807) is 7.11 Å². The maximum Gasteiger partial charge on any atom is 0.118 e. The number of benzene rings is 1. The molecular formula is C15H23NO2. The minimum absolute atomic E-state index is 0.266.